The monoisotopic (exact) mass is 400 g/mol. The Labute approximate surface area is 166 Å². The van der Waals surface area contributed by atoms with Crippen LogP contribution < -0.4 is 15.5 Å². The van der Waals surface area contributed by atoms with Crippen molar-refractivity contribution in [2.45, 2.75) is 6.54 Å². The molecular weight excluding hydrogens is 379 g/mol. The van der Waals surface area contributed by atoms with Crippen LogP contribution in [0.15, 0.2) is 35.1 Å². The van der Waals surface area contributed by atoms with E-state index in [1.165, 1.54) is 19.4 Å². The molecule has 0 atom stereocenters. The molecular formula is C18H21FN8O2. The minimum atomic E-state index is -0.629. The van der Waals surface area contributed by atoms with Gasteiger partial charge >= 0.3 is 0 Å². The standard InChI is InChI=1S/C18H21FN8O2/c1-20-17(28)13-2-3-14(16(19)22-13)27-7-5-26(6-8-27)11-12-10-15(25-24-12)23-18-21-4-9-29-18/h2-4,9-10H,5-8,11H2,1H3,(H,20,28)(H2,21,23,24,25). The molecule has 0 bridgehead atoms. The lowest BCUT2D eigenvalue weighted by atomic mass is 10.2. The number of H-pyrrole nitrogens is 1. The Kier molecular flexibility index (Phi) is 5.38. The number of carbonyl (C=O) groups excluding carboxylic acids is 1. The highest BCUT2D eigenvalue weighted by Gasteiger charge is 2.21. The third-order valence-electron chi connectivity index (χ3n) is 4.69. The van der Waals surface area contributed by atoms with Gasteiger partial charge in [0.1, 0.15) is 12.0 Å². The number of aromatic nitrogens is 4. The molecule has 0 saturated carbocycles. The summed E-state index contributed by atoms with van der Waals surface area (Å²) in [6.07, 6.45) is 3.04. The molecule has 3 aromatic rings. The zero-order valence-corrected chi connectivity index (χ0v) is 15.9. The molecule has 11 heteroatoms. The fourth-order valence-electron chi connectivity index (χ4n) is 3.21. The number of carbonyl (C=O) groups is 1. The van der Waals surface area contributed by atoms with Gasteiger partial charge in [-0.3, -0.25) is 20.1 Å². The maximum absolute atomic E-state index is 14.4. The molecule has 1 aliphatic heterocycles. The number of rotatable bonds is 6. The van der Waals surface area contributed by atoms with Gasteiger partial charge in [0.05, 0.1) is 17.6 Å². The second-order valence-corrected chi connectivity index (χ2v) is 6.59. The van der Waals surface area contributed by atoms with Gasteiger partial charge in [0.25, 0.3) is 11.9 Å². The number of hydrogen-bond donors (Lipinski definition) is 3. The SMILES string of the molecule is CNC(=O)c1ccc(N2CCN(Cc3cc(Nc4ncco4)n[nH]3)CC2)c(F)n1. The Morgan fingerprint density at radius 3 is 2.83 bits per heavy atom. The van der Waals surface area contributed by atoms with Crippen molar-refractivity contribution in [3.05, 3.63) is 48.0 Å². The molecule has 0 radical (unpaired) electrons. The summed E-state index contributed by atoms with van der Waals surface area (Å²) in [7, 11) is 1.49. The number of anilines is 3. The van der Waals surface area contributed by atoms with E-state index in [0.29, 0.717) is 37.2 Å². The predicted octanol–water partition coefficient (Wildman–Crippen LogP) is 1.36. The van der Waals surface area contributed by atoms with Crippen molar-refractivity contribution in [1.82, 2.24) is 30.4 Å². The Hall–Kier alpha value is -3.47. The van der Waals surface area contributed by atoms with Gasteiger partial charge in [0.15, 0.2) is 5.82 Å². The molecule has 0 aliphatic carbocycles. The Morgan fingerprint density at radius 2 is 2.14 bits per heavy atom. The van der Waals surface area contributed by atoms with Crippen molar-refractivity contribution >= 4 is 23.4 Å². The van der Waals surface area contributed by atoms with Crippen molar-refractivity contribution < 1.29 is 13.6 Å². The average Bonchev–Trinajstić information content (AvgIpc) is 3.40. The van der Waals surface area contributed by atoms with Crippen molar-refractivity contribution in [3.63, 3.8) is 0 Å². The Balaban J connectivity index is 1.32. The number of nitrogens with zero attached hydrogens (tertiary/aromatic N) is 5. The maximum atomic E-state index is 14.4. The molecule has 0 spiro atoms. The van der Waals surface area contributed by atoms with E-state index in [-0.39, 0.29) is 5.69 Å². The summed E-state index contributed by atoms with van der Waals surface area (Å²) in [5.74, 6) is -0.405. The van der Waals surface area contributed by atoms with Gasteiger partial charge in [-0.2, -0.15) is 9.49 Å². The molecule has 10 nitrogen and oxygen atoms in total. The number of pyridine rings is 1. The van der Waals surface area contributed by atoms with E-state index in [1.54, 1.807) is 12.3 Å². The van der Waals surface area contributed by atoms with Crippen LogP contribution in [-0.2, 0) is 6.54 Å². The van der Waals surface area contributed by atoms with Crippen LogP contribution in [0.25, 0.3) is 0 Å². The average molecular weight is 400 g/mol. The minimum Gasteiger partial charge on any atom is -0.432 e. The zero-order valence-electron chi connectivity index (χ0n) is 15.9. The van der Waals surface area contributed by atoms with Gasteiger partial charge in [-0.15, -0.1) is 0 Å². The van der Waals surface area contributed by atoms with Gasteiger partial charge in [-0.05, 0) is 12.1 Å². The van der Waals surface area contributed by atoms with Crippen molar-refractivity contribution in [2.75, 3.05) is 43.4 Å². The molecule has 0 aromatic carbocycles. The predicted molar refractivity (Wildman–Crippen MR) is 103 cm³/mol. The van der Waals surface area contributed by atoms with Crippen LogP contribution in [-0.4, -0.2) is 64.2 Å². The first-order valence-electron chi connectivity index (χ1n) is 9.19. The summed E-state index contributed by atoms with van der Waals surface area (Å²) < 4.78 is 19.5. The van der Waals surface area contributed by atoms with Gasteiger partial charge < -0.3 is 14.6 Å². The second kappa shape index (κ2) is 8.27. The van der Waals surface area contributed by atoms with E-state index in [1.807, 2.05) is 11.0 Å². The number of hydrogen-bond acceptors (Lipinski definition) is 8. The number of piperazine rings is 1. The van der Waals surface area contributed by atoms with E-state index in [4.69, 9.17) is 4.42 Å². The van der Waals surface area contributed by atoms with Crippen LogP contribution in [0.1, 0.15) is 16.2 Å². The van der Waals surface area contributed by atoms with E-state index in [0.717, 1.165) is 18.8 Å². The molecule has 1 amide bonds. The number of aromatic amines is 1. The van der Waals surface area contributed by atoms with E-state index in [9.17, 15) is 9.18 Å². The first-order valence-corrected chi connectivity index (χ1v) is 9.19. The second-order valence-electron chi connectivity index (χ2n) is 6.59. The molecule has 0 unspecified atom stereocenters. The fourth-order valence-corrected chi connectivity index (χ4v) is 3.21. The highest BCUT2D eigenvalue weighted by atomic mass is 19.1. The summed E-state index contributed by atoms with van der Waals surface area (Å²) in [6.45, 7) is 3.54. The van der Waals surface area contributed by atoms with Crippen LogP contribution >= 0.6 is 0 Å². The summed E-state index contributed by atoms with van der Waals surface area (Å²) in [5.41, 5.74) is 1.44. The molecule has 1 saturated heterocycles. The lowest BCUT2D eigenvalue weighted by Crippen LogP contribution is -2.46. The summed E-state index contributed by atoms with van der Waals surface area (Å²) in [6, 6.07) is 5.43. The van der Waals surface area contributed by atoms with Gasteiger partial charge in [-0.25, -0.2) is 9.97 Å². The molecule has 3 aromatic heterocycles. The lowest BCUT2D eigenvalue weighted by molar-refractivity contribution is 0.0957. The molecule has 1 fully saturated rings. The molecule has 4 rings (SSSR count). The van der Waals surface area contributed by atoms with Crippen LogP contribution in [0.5, 0.6) is 0 Å². The molecule has 4 heterocycles. The van der Waals surface area contributed by atoms with Crippen molar-refractivity contribution in [1.29, 1.82) is 0 Å². The molecule has 152 valence electrons. The summed E-state index contributed by atoms with van der Waals surface area (Å²) in [5, 5.41) is 12.6. The normalized spacial score (nSPS) is 14.8. The first kappa shape index (κ1) is 18.9. The lowest BCUT2D eigenvalue weighted by Gasteiger charge is -2.35. The van der Waals surface area contributed by atoms with E-state index in [2.05, 4.69) is 35.7 Å². The zero-order chi connectivity index (χ0) is 20.2. The van der Waals surface area contributed by atoms with Crippen molar-refractivity contribution in [2.24, 2.45) is 0 Å². The Morgan fingerprint density at radius 1 is 1.31 bits per heavy atom. The highest BCUT2D eigenvalue weighted by Crippen LogP contribution is 2.21. The van der Waals surface area contributed by atoms with E-state index >= 15 is 0 Å². The highest BCUT2D eigenvalue weighted by molar-refractivity contribution is 5.92. The van der Waals surface area contributed by atoms with E-state index < -0.39 is 11.9 Å². The van der Waals surface area contributed by atoms with Gasteiger partial charge in [0, 0.05) is 45.8 Å². The number of halogens is 1. The topological polar surface area (TPSA) is 115 Å². The third kappa shape index (κ3) is 4.35. The van der Waals surface area contributed by atoms with Crippen LogP contribution in [0.3, 0.4) is 0 Å². The van der Waals surface area contributed by atoms with Gasteiger partial charge in [0.2, 0.25) is 5.95 Å². The van der Waals surface area contributed by atoms with Crippen LogP contribution in [0.2, 0.25) is 0 Å². The molecule has 1 aliphatic rings. The first-order chi connectivity index (χ1) is 14.1. The molecule has 3 N–H and O–H groups in total. The minimum absolute atomic E-state index is 0.0702. The Bertz CT molecular complexity index is 966. The van der Waals surface area contributed by atoms with Crippen molar-refractivity contribution in [3.8, 4) is 0 Å². The van der Waals surface area contributed by atoms with Gasteiger partial charge in [-0.1, -0.05) is 0 Å². The smallest absolute Gasteiger partial charge is 0.300 e. The van der Waals surface area contributed by atoms with Crippen LogP contribution in [0, 0.1) is 5.95 Å². The number of nitrogens with one attached hydrogen (secondary N) is 3. The fraction of sp³-hybridized carbons (Fsp3) is 0.333. The maximum Gasteiger partial charge on any atom is 0.300 e. The van der Waals surface area contributed by atoms with Crippen LogP contribution in [0.4, 0.5) is 21.9 Å². The summed E-state index contributed by atoms with van der Waals surface area (Å²) in [4.78, 5) is 23.5. The summed E-state index contributed by atoms with van der Waals surface area (Å²) >= 11 is 0. The quantitative estimate of drug-likeness (QED) is 0.531. The third-order valence-corrected chi connectivity index (χ3v) is 4.69. The largest absolute Gasteiger partial charge is 0.432 e. The molecule has 29 heavy (non-hydrogen) atoms. The number of amides is 1. The number of oxazole rings is 1.